The fourth-order valence-electron chi connectivity index (χ4n) is 1.46. The average Bonchev–Trinajstić information content (AvgIpc) is 2.17. The molecule has 0 amide bonds. The molecule has 1 rings (SSSR count). The second-order valence-corrected chi connectivity index (χ2v) is 3.65. The van der Waals surface area contributed by atoms with E-state index in [2.05, 4.69) is 24.9 Å². The molecule has 84 valence electrons. The van der Waals surface area contributed by atoms with Gasteiger partial charge in [0, 0.05) is 19.8 Å². The predicted octanol–water partition coefficient (Wildman–Crippen LogP) is 1.80. The van der Waals surface area contributed by atoms with Gasteiger partial charge in [0.2, 0.25) is 0 Å². The Kier molecular flexibility index (Phi) is 4.05. The van der Waals surface area contributed by atoms with Gasteiger partial charge in [0.25, 0.3) is 0 Å². The molecule has 0 aliphatic rings. The van der Waals surface area contributed by atoms with Crippen LogP contribution in [0.5, 0.6) is 0 Å². The third-order valence-corrected chi connectivity index (χ3v) is 2.10. The number of rotatable bonds is 4. The minimum atomic E-state index is 0.819. The Morgan fingerprint density at radius 1 is 1.33 bits per heavy atom. The van der Waals surface area contributed by atoms with Gasteiger partial charge < -0.3 is 0 Å². The van der Waals surface area contributed by atoms with Gasteiger partial charge in [0.15, 0.2) is 5.82 Å². The van der Waals surface area contributed by atoms with Crippen LogP contribution < -0.4 is 5.17 Å². The molecule has 0 bridgehead atoms. The summed E-state index contributed by atoms with van der Waals surface area (Å²) in [6.07, 6.45) is 0.930. The molecule has 0 fully saturated rings. The molecule has 0 aromatic carbocycles. The zero-order valence-electron chi connectivity index (χ0n) is 10.1. The maximum absolute atomic E-state index is 5.25. The van der Waals surface area contributed by atoms with Crippen molar-refractivity contribution in [1.29, 1.82) is 0 Å². The molecule has 1 aromatic rings. The van der Waals surface area contributed by atoms with Crippen molar-refractivity contribution in [3.8, 4) is 0 Å². The highest BCUT2D eigenvalue weighted by Gasteiger charge is 2.10. The normalized spacial score (nSPS) is 10.8. The van der Waals surface area contributed by atoms with Gasteiger partial charge in [-0.2, -0.15) is 5.17 Å². The molecule has 1 heterocycles. The van der Waals surface area contributed by atoms with Crippen LogP contribution >= 0.6 is 0 Å². The smallest absolute Gasteiger partial charge is 0.171 e. The van der Waals surface area contributed by atoms with E-state index in [0.29, 0.717) is 0 Å². The zero-order valence-corrected chi connectivity index (χ0v) is 10.1. The van der Waals surface area contributed by atoms with Gasteiger partial charge in [-0.3, -0.25) is 4.84 Å². The van der Waals surface area contributed by atoms with E-state index in [9.17, 15) is 0 Å². The Labute approximate surface area is 91.4 Å². The van der Waals surface area contributed by atoms with Gasteiger partial charge in [-0.15, -0.1) is 0 Å². The Balaban J connectivity index is 3.06. The summed E-state index contributed by atoms with van der Waals surface area (Å²) in [7, 11) is 5.47. The first-order valence-electron chi connectivity index (χ1n) is 5.07. The van der Waals surface area contributed by atoms with Crippen LogP contribution in [0.2, 0.25) is 0 Å². The fraction of sp³-hybridized carbons (Fsp3) is 0.545. The van der Waals surface area contributed by atoms with E-state index in [0.717, 1.165) is 17.9 Å². The van der Waals surface area contributed by atoms with Gasteiger partial charge in [-0.05, 0) is 31.0 Å². The molecular weight excluding hydrogens is 190 g/mol. The van der Waals surface area contributed by atoms with Crippen molar-refractivity contribution >= 4 is 5.82 Å². The van der Waals surface area contributed by atoms with Gasteiger partial charge >= 0.3 is 0 Å². The second-order valence-electron chi connectivity index (χ2n) is 3.65. The number of hydrogen-bond acceptors (Lipinski definition) is 4. The summed E-state index contributed by atoms with van der Waals surface area (Å²) in [6.45, 7) is 4.16. The van der Waals surface area contributed by atoms with Crippen LogP contribution in [0.4, 0.5) is 5.82 Å². The molecule has 0 N–H and O–H groups in total. The summed E-state index contributed by atoms with van der Waals surface area (Å²) in [6, 6.07) is 4.09. The molecule has 0 aliphatic carbocycles. The molecule has 1 aromatic heterocycles. The quantitative estimate of drug-likeness (QED) is 0.707. The summed E-state index contributed by atoms with van der Waals surface area (Å²) >= 11 is 0. The largest absolute Gasteiger partial charge is 0.260 e. The maximum Gasteiger partial charge on any atom is 0.171 e. The number of hydrazine groups is 1. The van der Waals surface area contributed by atoms with E-state index in [1.807, 2.05) is 25.2 Å². The van der Waals surface area contributed by atoms with Crippen LogP contribution in [-0.2, 0) is 11.3 Å². The Morgan fingerprint density at radius 3 is 2.47 bits per heavy atom. The summed E-state index contributed by atoms with van der Waals surface area (Å²) < 4.78 is 0. The molecular formula is C11H19N3O. The van der Waals surface area contributed by atoms with Crippen LogP contribution in [0, 0.1) is 6.92 Å². The van der Waals surface area contributed by atoms with Crippen LogP contribution in [0.3, 0.4) is 0 Å². The highest BCUT2D eigenvalue weighted by Crippen LogP contribution is 2.15. The Morgan fingerprint density at radius 2 is 2.00 bits per heavy atom. The lowest BCUT2D eigenvalue weighted by molar-refractivity contribution is 0.0553. The van der Waals surface area contributed by atoms with E-state index in [1.54, 1.807) is 12.3 Å². The second kappa shape index (κ2) is 5.09. The molecule has 0 atom stereocenters. The number of aryl methyl sites for hydroxylation is 2. The van der Waals surface area contributed by atoms with Crippen molar-refractivity contribution in [2.24, 2.45) is 0 Å². The first kappa shape index (κ1) is 11.9. The van der Waals surface area contributed by atoms with Crippen molar-refractivity contribution in [3.63, 3.8) is 0 Å². The summed E-state index contributed by atoms with van der Waals surface area (Å²) in [4.78, 5) is 9.75. The molecule has 4 nitrogen and oxygen atoms in total. The molecule has 15 heavy (non-hydrogen) atoms. The molecule has 0 saturated carbocycles. The van der Waals surface area contributed by atoms with Gasteiger partial charge in [0.1, 0.15) is 0 Å². The molecule has 0 unspecified atom stereocenters. The molecule has 0 radical (unpaired) electrons. The van der Waals surface area contributed by atoms with Crippen LogP contribution in [0.25, 0.3) is 0 Å². The highest BCUT2D eigenvalue weighted by atomic mass is 16.7. The van der Waals surface area contributed by atoms with Gasteiger partial charge in [-0.1, -0.05) is 6.92 Å². The van der Waals surface area contributed by atoms with E-state index < -0.39 is 0 Å². The lowest BCUT2D eigenvalue weighted by Crippen LogP contribution is -2.36. The van der Waals surface area contributed by atoms with Crippen LogP contribution in [-0.4, -0.2) is 31.2 Å². The SMILES string of the molecule is CCc1cc(C)cc(N(OC)N(C)C)n1. The predicted molar refractivity (Wildman–Crippen MR) is 61.5 cm³/mol. The summed E-state index contributed by atoms with van der Waals surface area (Å²) in [5, 5.41) is 3.51. The Bertz CT molecular complexity index is 326. The average molecular weight is 209 g/mol. The fourth-order valence-corrected chi connectivity index (χ4v) is 1.46. The number of aromatic nitrogens is 1. The number of hydrogen-bond donors (Lipinski definition) is 0. The van der Waals surface area contributed by atoms with Crippen molar-refractivity contribution in [2.45, 2.75) is 20.3 Å². The van der Waals surface area contributed by atoms with Crippen LogP contribution in [0.1, 0.15) is 18.2 Å². The van der Waals surface area contributed by atoms with E-state index >= 15 is 0 Å². The number of anilines is 1. The minimum Gasteiger partial charge on any atom is -0.260 e. The summed E-state index contributed by atoms with van der Waals surface area (Å²) in [5.41, 5.74) is 2.27. The van der Waals surface area contributed by atoms with E-state index in [1.165, 1.54) is 5.56 Å². The molecule has 4 heteroatoms. The van der Waals surface area contributed by atoms with Gasteiger partial charge in [0.05, 0.1) is 7.11 Å². The topological polar surface area (TPSA) is 28.6 Å². The molecule has 0 saturated heterocycles. The van der Waals surface area contributed by atoms with Crippen molar-refractivity contribution < 1.29 is 4.84 Å². The number of pyridine rings is 1. The third-order valence-electron chi connectivity index (χ3n) is 2.10. The van der Waals surface area contributed by atoms with Crippen molar-refractivity contribution in [1.82, 2.24) is 9.99 Å². The lowest BCUT2D eigenvalue weighted by Gasteiger charge is -2.27. The van der Waals surface area contributed by atoms with E-state index in [4.69, 9.17) is 4.84 Å². The van der Waals surface area contributed by atoms with E-state index in [-0.39, 0.29) is 0 Å². The maximum atomic E-state index is 5.25. The third kappa shape index (κ3) is 2.91. The first-order chi connectivity index (χ1) is 7.08. The minimum absolute atomic E-state index is 0.819. The number of nitrogens with zero attached hydrogens (tertiary/aromatic N) is 3. The Hall–Kier alpha value is -1.13. The standard InChI is InChI=1S/C11H19N3O/c1-6-10-7-9(2)8-11(12-10)14(15-5)13(3)4/h7-8H,6H2,1-5H3. The highest BCUT2D eigenvalue weighted by molar-refractivity contribution is 5.39. The zero-order chi connectivity index (χ0) is 11.4. The van der Waals surface area contributed by atoms with Crippen molar-refractivity contribution in [3.05, 3.63) is 23.4 Å². The first-order valence-corrected chi connectivity index (χ1v) is 5.07. The lowest BCUT2D eigenvalue weighted by atomic mass is 10.2. The van der Waals surface area contributed by atoms with Crippen LogP contribution in [0.15, 0.2) is 12.1 Å². The monoisotopic (exact) mass is 209 g/mol. The van der Waals surface area contributed by atoms with Gasteiger partial charge in [-0.25, -0.2) is 9.99 Å². The summed E-state index contributed by atoms with van der Waals surface area (Å²) in [5.74, 6) is 0.819. The van der Waals surface area contributed by atoms with Crippen molar-refractivity contribution in [2.75, 3.05) is 26.4 Å². The molecule has 0 spiro atoms. The molecule has 0 aliphatic heterocycles.